The Hall–Kier alpha value is -1.86. The second kappa shape index (κ2) is 6.10. The van der Waals surface area contributed by atoms with Crippen LogP contribution in [-0.4, -0.2) is 19.6 Å². The van der Waals surface area contributed by atoms with Crippen molar-refractivity contribution in [2.75, 3.05) is 6.26 Å². The molecule has 0 radical (unpaired) electrons. The summed E-state index contributed by atoms with van der Waals surface area (Å²) in [6.07, 6.45) is 1.03. The molecule has 0 saturated heterocycles. The van der Waals surface area contributed by atoms with Gasteiger partial charge in [0.25, 0.3) is 5.69 Å². The average Bonchev–Trinajstić information content (AvgIpc) is 2.40. The van der Waals surface area contributed by atoms with Crippen LogP contribution in [0.5, 0.6) is 0 Å². The topological polar surface area (TPSA) is 77.3 Å². The minimum absolute atomic E-state index is 0.0517. The van der Waals surface area contributed by atoms with E-state index >= 15 is 0 Å². The van der Waals surface area contributed by atoms with E-state index < -0.39 is 14.8 Å². The number of aryl methyl sites for hydroxylation is 2. The molecule has 0 aromatic heterocycles. The van der Waals surface area contributed by atoms with Gasteiger partial charge in [-0.25, -0.2) is 8.42 Å². The minimum Gasteiger partial charge on any atom is -0.258 e. The first-order chi connectivity index (χ1) is 10.2. The first-order valence-electron chi connectivity index (χ1n) is 6.42. The van der Waals surface area contributed by atoms with Crippen molar-refractivity contribution in [1.29, 1.82) is 0 Å². The van der Waals surface area contributed by atoms with E-state index in [0.29, 0.717) is 4.90 Å². The SMILES string of the molecule is Cc1ccc(Sc2ccc(S(C)(=O)=O)cc2[N+](=O)[O-])c(C)c1. The summed E-state index contributed by atoms with van der Waals surface area (Å²) in [5.41, 5.74) is 1.93. The van der Waals surface area contributed by atoms with Gasteiger partial charge in [-0.15, -0.1) is 0 Å². The Kier molecular flexibility index (Phi) is 4.58. The summed E-state index contributed by atoms with van der Waals surface area (Å²) in [6.45, 7) is 3.91. The highest BCUT2D eigenvalue weighted by molar-refractivity contribution is 7.99. The number of nitro benzene ring substituents is 1. The van der Waals surface area contributed by atoms with Gasteiger partial charge < -0.3 is 0 Å². The fraction of sp³-hybridized carbons (Fsp3) is 0.200. The molecule has 0 heterocycles. The van der Waals surface area contributed by atoms with Crippen molar-refractivity contribution in [2.24, 2.45) is 0 Å². The highest BCUT2D eigenvalue weighted by Gasteiger charge is 2.19. The molecule has 22 heavy (non-hydrogen) atoms. The first-order valence-corrected chi connectivity index (χ1v) is 9.13. The minimum atomic E-state index is -3.48. The van der Waals surface area contributed by atoms with Gasteiger partial charge in [-0.05, 0) is 37.6 Å². The van der Waals surface area contributed by atoms with Crippen LogP contribution in [0.4, 0.5) is 5.69 Å². The van der Waals surface area contributed by atoms with Crippen molar-refractivity contribution < 1.29 is 13.3 Å². The number of nitrogens with zero attached hydrogens (tertiary/aromatic N) is 1. The molecule has 0 aliphatic heterocycles. The average molecular weight is 337 g/mol. The van der Waals surface area contributed by atoms with Crippen LogP contribution in [0.1, 0.15) is 11.1 Å². The van der Waals surface area contributed by atoms with E-state index in [1.807, 2.05) is 32.0 Å². The number of sulfone groups is 1. The maximum absolute atomic E-state index is 11.5. The van der Waals surface area contributed by atoms with E-state index in [1.165, 1.54) is 23.9 Å². The molecule has 0 atom stereocenters. The molecule has 0 amide bonds. The summed E-state index contributed by atoms with van der Waals surface area (Å²) >= 11 is 1.26. The van der Waals surface area contributed by atoms with E-state index in [4.69, 9.17) is 0 Å². The summed E-state index contributed by atoms with van der Waals surface area (Å²) in [5.74, 6) is 0. The lowest BCUT2D eigenvalue weighted by atomic mass is 10.2. The molecule has 0 bridgehead atoms. The van der Waals surface area contributed by atoms with Crippen molar-refractivity contribution in [3.05, 3.63) is 57.6 Å². The van der Waals surface area contributed by atoms with Crippen molar-refractivity contribution in [3.63, 3.8) is 0 Å². The van der Waals surface area contributed by atoms with Gasteiger partial charge in [0.1, 0.15) is 0 Å². The molecule has 0 spiro atoms. The Morgan fingerprint density at radius 1 is 1.05 bits per heavy atom. The first kappa shape index (κ1) is 16.5. The summed E-state index contributed by atoms with van der Waals surface area (Å²) in [6, 6.07) is 9.84. The number of hydrogen-bond acceptors (Lipinski definition) is 5. The van der Waals surface area contributed by atoms with E-state index in [-0.39, 0.29) is 10.6 Å². The maximum atomic E-state index is 11.5. The molecule has 0 aliphatic rings. The predicted octanol–water partition coefficient (Wildman–Crippen LogP) is 3.77. The normalized spacial score (nSPS) is 11.4. The number of rotatable bonds is 4. The van der Waals surface area contributed by atoms with Crippen molar-refractivity contribution in [2.45, 2.75) is 28.5 Å². The summed E-state index contributed by atoms with van der Waals surface area (Å²) < 4.78 is 23.1. The quantitative estimate of drug-likeness (QED) is 0.627. The van der Waals surface area contributed by atoms with Crippen LogP contribution in [0.3, 0.4) is 0 Å². The maximum Gasteiger partial charge on any atom is 0.284 e. The lowest BCUT2D eigenvalue weighted by molar-refractivity contribution is -0.388. The third-order valence-corrected chi connectivity index (χ3v) is 5.46. The highest BCUT2D eigenvalue weighted by atomic mass is 32.2. The molecular weight excluding hydrogens is 322 g/mol. The number of hydrogen-bond donors (Lipinski definition) is 0. The van der Waals surface area contributed by atoms with Crippen LogP contribution in [0.15, 0.2) is 51.1 Å². The van der Waals surface area contributed by atoms with E-state index in [0.717, 1.165) is 28.3 Å². The number of benzene rings is 2. The molecule has 0 unspecified atom stereocenters. The van der Waals surface area contributed by atoms with Crippen molar-refractivity contribution in [1.82, 2.24) is 0 Å². The van der Waals surface area contributed by atoms with Crippen molar-refractivity contribution >= 4 is 27.3 Å². The van der Waals surface area contributed by atoms with Gasteiger partial charge in [0, 0.05) is 17.2 Å². The molecule has 0 saturated carbocycles. The molecule has 0 fully saturated rings. The van der Waals surface area contributed by atoms with Gasteiger partial charge in [-0.3, -0.25) is 10.1 Å². The molecule has 2 aromatic rings. The number of nitro groups is 1. The lowest BCUT2D eigenvalue weighted by Gasteiger charge is -2.08. The Morgan fingerprint density at radius 3 is 2.23 bits per heavy atom. The van der Waals surface area contributed by atoms with Crippen LogP contribution in [0, 0.1) is 24.0 Å². The molecule has 7 heteroatoms. The van der Waals surface area contributed by atoms with Crippen molar-refractivity contribution in [3.8, 4) is 0 Å². The van der Waals surface area contributed by atoms with Gasteiger partial charge in [-0.1, -0.05) is 29.5 Å². The molecular formula is C15H15NO4S2. The Labute approximate surface area is 133 Å². The fourth-order valence-electron chi connectivity index (χ4n) is 1.99. The van der Waals surface area contributed by atoms with Crippen LogP contribution >= 0.6 is 11.8 Å². The second-order valence-corrected chi connectivity index (χ2v) is 8.13. The molecule has 0 aliphatic carbocycles. The van der Waals surface area contributed by atoms with Gasteiger partial charge in [0.15, 0.2) is 9.84 Å². The Balaban J connectivity index is 2.49. The molecule has 116 valence electrons. The second-order valence-electron chi connectivity index (χ2n) is 5.03. The lowest BCUT2D eigenvalue weighted by Crippen LogP contribution is -1.99. The van der Waals surface area contributed by atoms with Gasteiger partial charge >= 0.3 is 0 Å². The van der Waals surface area contributed by atoms with Crippen LogP contribution in [0.2, 0.25) is 0 Å². The summed E-state index contributed by atoms with van der Waals surface area (Å²) in [4.78, 5) is 11.9. The zero-order valence-electron chi connectivity index (χ0n) is 12.4. The van der Waals surface area contributed by atoms with Crippen LogP contribution in [-0.2, 0) is 9.84 Å². The Morgan fingerprint density at radius 2 is 1.68 bits per heavy atom. The summed E-state index contributed by atoms with van der Waals surface area (Å²) in [5, 5.41) is 11.2. The molecule has 5 nitrogen and oxygen atoms in total. The molecule has 2 aromatic carbocycles. The summed E-state index contributed by atoms with van der Waals surface area (Å²) in [7, 11) is -3.48. The third-order valence-electron chi connectivity index (χ3n) is 3.11. The third kappa shape index (κ3) is 3.66. The van der Waals surface area contributed by atoms with E-state index in [1.54, 1.807) is 0 Å². The fourth-order valence-corrected chi connectivity index (χ4v) is 3.60. The van der Waals surface area contributed by atoms with E-state index in [2.05, 4.69) is 0 Å². The highest BCUT2D eigenvalue weighted by Crippen LogP contribution is 2.37. The van der Waals surface area contributed by atoms with Crippen LogP contribution < -0.4 is 0 Å². The largest absolute Gasteiger partial charge is 0.284 e. The predicted molar refractivity (Wildman–Crippen MR) is 86.2 cm³/mol. The standard InChI is InChI=1S/C15H15NO4S2/c1-10-4-6-14(11(2)8-10)21-15-7-5-12(22(3,19)20)9-13(15)16(17)18/h4-9H,1-3H3. The smallest absolute Gasteiger partial charge is 0.258 e. The van der Waals surface area contributed by atoms with Gasteiger partial charge in [0.05, 0.1) is 14.7 Å². The van der Waals surface area contributed by atoms with Gasteiger partial charge in [-0.2, -0.15) is 0 Å². The monoisotopic (exact) mass is 337 g/mol. The molecule has 0 N–H and O–H groups in total. The van der Waals surface area contributed by atoms with Crippen LogP contribution in [0.25, 0.3) is 0 Å². The molecule has 2 rings (SSSR count). The Bertz CT molecular complexity index is 845. The van der Waals surface area contributed by atoms with Gasteiger partial charge in [0.2, 0.25) is 0 Å². The zero-order valence-corrected chi connectivity index (χ0v) is 14.0. The zero-order chi connectivity index (χ0) is 16.5. The van der Waals surface area contributed by atoms with E-state index in [9.17, 15) is 18.5 Å².